The molecule has 6 heteroatoms. The molecule has 112 valence electrons. The standard InChI is InChI=1S/C15H17NO5/c17-13(18)12-8-16(15(6-7-15)10-21-12)14(19)20-9-11-4-2-1-3-5-11/h1-5,12H,6-10H2,(H,17,18). The van der Waals surface area contributed by atoms with Crippen LogP contribution in [-0.2, 0) is 20.9 Å². The zero-order chi connectivity index (χ0) is 14.9. The number of hydrogen-bond donors (Lipinski definition) is 1. The predicted octanol–water partition coefficient (Wildman–Crippen LogP) is 1.64. The van der Waals surface area contributed by atoms with Crippen molar-refractivity contribution in [3.8, 4) is 0 Å². The molecular formula is C15H17NO5. The van der Waals surface area contributed by atoms with Gasteiger partial charge in [-0.2, -0.15) is 0 Å². The van der Waals surface area contributed by atoms with E-state index in [1.165, 1.54) is 4.90 Å². The Hall–Kier alpha value is -2.08. The molecule has 6 nitrogen and oxygen atoms in total. The van der Waals surface area contributed by atoms with Crippen molar-refractivity contribution >= 4 is 12.1 Å². The first-order valence-electron chi connectivity index (χ1n) is 6.93. The number of hydrogen-bond acceptors (Lipinski definition) is 4. The summed E-state index contributed by atoms with van der Waals surface area (Å²) in [6.07, 6.45) is 0.228. The number of aliphatic carboxylic acids is 1. The smallest absolute Gasteiger partial charge is 0.410 e. The highest BCUT2D eigenvalue weighted by Gasteiger charge is 2.55. The Kier molecular flexibility index (Phi) is 3.55. The maximum absolute atomic E-state index is 12.3. The third kappa shape index (κ3) is 2.85. The van der Waals surface area contributed by atoms with Gasteiger partial charge in [-0.05, 0) is 18.4 Å². The highest BCUT2D eigenvalue weighted by molar-refractivity contribution is 5.75. The molecule has 1 aliphatic carbocycles. The highest BCUT2D eigenvalue weighted by Crippen LogP contribution is 2.44. The fraction of sp³-hybridized carbons (Fsp3) is 0.467. The van der Waals surface area contributed by atoms with E-state index in [1.807, 2.05) is 30.3 Å². The van der Waals surface area contributed by atoms with Crippen LogP contribution in [0.1, 0.15) is 18.4 Å². The summed E-state index contributed by atoms with van der Waals surface area (Å²) < 4.78 is 10.6. The summed E-state index contributed by atoms with van der Waals surface area (Å²) in [5.41, 5.74) is 0.554. The number of carbonyl (C=O) groups excluding carboxylic acids is 1. The van der Waals surface area contributed by atoms with E-state index in [0.29, 0.717) is 0 Å². The van der Waals surface area contributed by atoms with Gasteiger partial charge in [-0.3, -0.25) is 4.90 Å². The van der Waals surface area contributed by atoms with Gasteiger partial charge in [0, 0.05) is 0 Å². The number of carboxylic acid groups (broad SMARTS) is 1. The van der Waals surface area contributed by atoms with Crippen molar-refractivity contribution in [2.75, 3.05) is 13.2 Å². The van der Waals surface area contributed by atoms with Crippen LogP contribution in [0.5, 0.6) is 0 Å². The number of carboxylic acids is 1. The average Bonchev–Trinajstić information content (AvgIpc) is 3.26. The lowest BCUT2D eigenvalue weighted by Gasteiger charge is -2.37. The number of morpholine rings is 1. The summed E-state index contributed by atoms with van der Waals surface area (Å²) >= 11 is 0. The zero-order valence-electron chi connectivity index (χ0n) is 11.5. The number of benzene rings is 1. The number of amides is 1. The molecule has 0 radical (unpaired) electrons. The molecule has 1 spiro atoms. The molecule has 1 N–H and O–H groups in total. The second-order valence-electron chi connectivity index (χ2n) is 5.51. The molecule has 1 saturated carbocycles. The van der Waals surface area contributed by atoms with Gasteiger partial charge in [0.15, 0.2) is 6.10 Å². The van der Waals surface area contributed by atoms with E-state index >= 15 is 0 Å². The quantitative estimate of drug-likeness (QED) is 0.916. The molecule has 1 aromatic rings. The van der Waals surface area contributed by atoms with Gasteiger partial charge in [-0.25, -0.2) is 9.59 Å². The first kappa shape index (κ1) is 13.9. The largest absolute Gasteiger partial charge is 0.479 e. The molecule has 21 heavy (non-hydrogen) atoms. The molecular weight excluding hydrogens is 274 g/mol. The summed E-state index contributed by atoms with van der Waals surface area (Å²) in [7, 11) is 0. The molecule has 0 aromatic heterocycles. The van der Waals surface area contributed by atoms with Gasteiger partial charge in [0.25, 0.3) is 0 Å². The van der Waals surface area contributed by atoms with Gasteiger partial charge in [-0.15, -0.1) is 0 Å². The Balaban J connectivity index is 1.63. The Morgan fingerprint density at radius 3 is 2.67 bits per heavy atom. The number of nitrogens with zero attached hydrogens (tertiary/aromatic N) is 1. The van der Waals surface area contributed by atoms with Gasteiger partial charge in [0.05, 0.1) is 18.7 Å². The molecule has 3 rings (SSSR count). The molecule has 1 aliphatic heterocycles. The normalized spacial score (nSPS) is 22.9. The summed E-state index contributed by atoms with van der Waals surface area (Å²) in [6.45, 7) is 0.498. The SMILES string of the molecule is O=C(O)C1CN(C(=O)OCc2ccccc2)C2(CC2)CO1. The molecule has 1 atom stereocenters. The van der Waals surface area contributed by atoms with Gasteiger partial charge >= 0.3 is 12.1 Å². The topological polar surface area (TPSA) is 76.1 Å². The van der Waals surface area contributed by atoms with Crippen LogP contribution >= 0.6 is 0 Å². The third-order valence-electron chi connectivity index (χ3n) is 4.00. The highest BCUT2D eigenvalue weighted by atomic mass is 16.6. The van der Waals surface area contributed by atoms with Crippen molar-refractivity contribution in [1.29, 1.82) is 0 Å². The zero-order valence-corrected chi connectivity index (χ0v) is 11.5. The van der Waals surface area contributed by atoms with Crippen LogP contribution in [0.4, 0.5) is 4.79 Å². The lowest BCUT2D eigenvalue weighted by molar-refractivity contribution is -0.159. The van der Waals surface area contributed by atoms with E-state index in [4.69, 9.17) is 14.6 Å². The monoisotopic (exact) mass is 291 g/mol. The fourth-order valence-electron chi connectivity index (χ4n) is 2.52. The summed E-state index contributed by atoms with van der Waals surface area (Å²) in [5, 5.41) is 9.03. The van der Waals surface area contributed by atoms with E-state index in [2.05, 4.69) is 0 Å². The maximum atomic E-state index is 12.3. The van der Waals surface area contributed by atoms with E-state index in [-0.39, 0.29) is 25.3 Å². The van der Waals surface area contributed by atoms with Crippen LogP contribution < -0.4 is 0 Å². The minimum atomic E-state index is -1.05. The Bertz CT molecular complexity index is 540. The van der Waals surface area contributed by atoms with Gasteiger partial charge < -0.3 is 14.6 Å². The molecule has 1 saturated heterocycles. The minimum Gasteiger partial charge on any atom is -0.479 e. The maximum Gasteiger partial charge on any atom is 0.410 e. The Morgan fingerprint density at radius 2 is 2.05 bits per heavy atom. The number of carbonyl (C=O) groups is 2. The first-order chi connectivity index (χ1) is 10.1. The predicted molar refractivity (Wildman–Crippen MR) is 72.7 cm³/mol. The van der Waals surface area contributed by atoms with Crippen molar-refractivity contribution in [1.82, 2.24) is 4.90 Å². The molecule has 0 bridgehead atoms. The molecule has 1 heterocycles. The van der Waals surface area contributed by atoms with Crippen LogP contribution in [0.3, 0.4) is 0 Å². The fourth-order valence-corrected chi connectivity index (χ4v) is 2.52. The lowest BCUT2D eigenvalue weighted by atomic mass is 10.1. The molecule has 1 amide bonds. The van der Waals surface area contributed by atoms with Crippen molar-refractivity contribution in [3.63, 3.8) is 0 Å². The molecule has 2 aliphatic rings. The average molecular weight is 291 g/mol. The lowest BCUT2D eigenvalue weighted by Crippen LogP contribution is -2.56. The summed E-state index contributed by atoms with van der Waals surface area (Å²) in [4.78, 5) is 24.8. The van der Waals surface area contributed by atoms with Gasteiger partial charge in [0.2, 0.25) is 0 Å². The second kappa shape index (κ2) is 5.37. The number of ether oxygens (including phenoxy) is 2. The van der Waals surface area contributed by atoms with Crippen molar-refractivity contribution in [2.45, 2.75) is 31.1 Å². The van der Waals surface area contributed by atoms with Crippen molar-refractivity contribution in [2.24, 2.45) is 0 Å². The van der Waals surface area contributed by atoms with Crippen molar-refractivity contribution in [3.05, 3.63) is 35.9 Å². The van der Waals surface area contributed by atoms with E-state index in [1.54, 1.807) is 0 Å². The molecule has 1 unspecified atom stereocenters. The van der Waals surface area contributed by atoms with E-state index in [9.17, 15) is 9.59 Å². The minimum absolute atomic E-state index is 0.0446. The summed E-state index contributed by atoms with van der Waals surface area (Å²) in [5.74, 6) is -1.05. The Labute approximate surface area is 122 Å². The van der Waals surface area contributed by atoms with Crippen LogP contribution in [0.25, 0.3) is 0 Å². The first-order valence-corrected chi connectivity index (χ1v) is 6.93. The second-order valence-corrected chi connectivity index (χ2v) is 5.51. The molecule has 1 aromatic carbocycles. The molecule has 2 fully saturated rings. The van der Waals surface area contributed by atoms with Gasteiger partial charge in [0.1, 0.15) is 6.61 Å². The van der Waals surface area contributed by atoms with Crippen molar-refractivity contribution < 1.29 is 24.2 Å². The van der Waals surface area contributed by atoms with Crippen LogP contribution in [-0.4, -0.2) is 46.9 Å². The van der Waals surface area contributed by atoms with Crippen LogP contribution in [0, 0.1) is 0 Å². The Morgan fingerprint density at radius 1 is 1.33 bits per heavy atom. The van der Waals surface area contributed by atoms with E-state index in [0.717, 1.165) is 18.4 Å². The van der Waals surface area contributed by atoms with Crippen LogP contribution in [0.15, 0.2) is 30.3 Å². The summed E-state index contributed by atoms with van der Waals surface area (Å²) in [6, 6.07) is 9.39. The van der Waals surface area contributed by atoms with E-state index < -0.39 is 18.2 Å². The third-order valence-corrected chi connectivity index (χ3v) is 4.00. The van der Waals surface area contributed by atoms with Crippen LogP contribution in [0.2, 0.25) is 0 Å². The number of rotatable bonds is 3. The van der Waals surface area contributed by atoms with Gasteiger partial charge in [-0.1, -0.05) is 30.3 Å².